The molecule has 0 radical (unpaired) electrons. The molecule has 1 fully saturated rings. The summed E-state index contributed by atoms with van der Waals surface area (Å²) in [6.07, 6.45) is 3.80. The van der Waals surface area contributed by atoms with Crippen LogP contribution in [0.5, 0.6) is 5.75 Å². The second kappa shape index (κ2) is 9.27. The van der Waals surface area contributed by atoms with Crippen LogP contribution < -0.4 is 4.74 Å². The number of benzene rings is 2. The molecule has 1 unspecified atom stereocenters. The van der Waals surface area contributed by atoms with Crippen molar-refractivity contribution in [1.82, 2.24) is 4.90 Å². The summed E-state index contributed by atoms with van der Waals surface area (Å²) in [6, 6.07) is 15.3. The second-order valence-corrected chi connectivity index (χ2v) is 11.3. The highest BCUT2D eigenvalue weighted by Gasteiger charge is 2.34. The van der Waals surface area contributed by atoms with Crippen LogP contribution in [0.1, 0.15) is 43.9 Å². The molecule has 1 saturated heterocycles. The zero-order chi connectivity index (χ0) is 22.6. The smallest absolute Gasteiger partial charge is 0.247 e. The van der Waals surface area contributed by atoms with Gasteiger partial charge in [-0.05, 0) is 46.7 Å². The fraction of sp³-hybridized carbons (Fsp3) is 0.400. The van der Waals surface area contributed by atoms with E-state index in [1.165, 1.54) is 5.56 Å². The normalized spacial score (nSPS) is 18.3. The fourth-order valence-corrected chi connectivity index (χ4v) is 5.42. The molecule has 0 spiro atoms. The summed E-state index contributed by atoms with van der Waals surface area (Å²) < 4.78 is 29.2. The van der Waals surface area contributed by atoms with Gasteiger partial charge in [0.15, 0.2) is 9.84 Å². The zero-order valence-corrected chi connectivity index (χ0v) is 19.5. The molecule has 2 aromatic carbocycles. The Labute approximate surface area is 185 Å². The van der Waals surface area contributed by atoms with Gasteiger partial charge in [-0.25, -0.2) is 8.42 Å². The molecule has 166 valence electrons. The average Bonchev–Trinajstić information content (AvgIpc) is 3.09. The van der Waals surface area contributed by atoms with Gasteiger partial charge in [0.25, 0.3) is 0 Å². The van der Waals surface area contributed by atoms with E-state index in [2.05, 4.69) is 32.9 Å². The number of carbonyl (C=O) groups excluding carboxylic acids is 1. The van der Waals surface area contributed by atoms with E-state index in [1.807, 2.05) is 36.4 Å². The largest absolute Gasteiger partial charge is 0.497 e. The molecule has 5 nitrogen and oxygen atoms in total. The van der Waals surface area contributed by atoms with Crippen molar-refractivity contribution in [1.29, 1.82) is 0 Å². The highest BCUT2D eigenvalue weighted by molar-refractivity contribution is 7.91. The van der Waals surface area contributed by atoms with Gasteiger partial charge in [-0.2, -0.15) is 0 Å². The lowest BCUT2D eigenvalue weighted by Gasteiger charge is -2.27. The number of hydrogen-bond acceptors (Lipinski definition) is 4. The van der Waals surface area contributed by atoms with Gasteiger partial charge in [0.05, 0.1) is 18.6 Å². The maximum absolute atomic E-state index is 13.1. The number of carbonyl (C=O) groups is 1. The Morgan fingerprint density at radius 3 is 2.26 bits per heavy atom. The van der Waals surface area contributed by atoms with E-state index in [-0.39, 0.29) is 28.9 Å². The first-order valence-corrected chi connectivity index (χ1v) is 12.3. The van der Waals surface area contributed by atoms with Gasteiger partial charge in [0, 0.05) is 18.7 Å². The van der Waals surface area contributed by atoms with Crippen molar-refractivity contribution in [2.75, 3.05) is 18.6 Å². The maximum Gasteiger partial charge on any atom is 0.247 e. The Balaban J connectivity index is 1.78. The topological polar surface area (TPSA) is 63.7 Å². The summed E-state index contributed by atoms with van der Waals surface area (Å²) in [4.78, 5) is 14.8. The van der Waals surface area contributed by atoms with E-state index in [0.29, 0.717) is 13.0 Å². The molecule has 0 bridgehead atoms. The van der Waals surface area contributed by atoms with Crippen LogP contribution >= 0.6 is 0 Å². The lowest BCUT2D eigenvalue weighted by atomic mass is 9.87. The van der Waals surface area contributed by atoms with Gasteiger partial charge in [0.1, 0.15) is 5.75 Å². The standard InChI is InChI=1S/C25H31NO4S/c1-25(2,3)21-10-5-19(6-11-21)9-14-24(27)26(22-15-16-31(28,29)18-22)17-20-7-12-23(30-4)13-8-20/h5-14,22H,15-18H2,1-4H3/b14-9+. The van der Waals surface area contributed by atoms with Crippen molar-refractivity contribution in [3.8, 4) is 5.75 Å². The van der Waals surface area contributed by atoms with Gasteiger partial charge in [-0.1, -0.05) is 57.2 Å². The van der Waals surface area contributed by atoms with Crippen LogP contribution in [0.25, 0.3) is 6.08 Å². The molecule has 1 aliphatic rings. The number of amides is 1. The Morgan fingerprint density at radius 2 is 1.74 bits per heavy atom. The summed E-state index contributed by atoms with van der Waals surface area (Å²) in [5, 5.41) is 0. The summed E-state index contributed by atoms with van der Waals surface area (Å²) in [5.74, 6) is 0.701. The highest BCUT2D eigenvalue weighted by Crippen LogP contribution is 2.24. The average molecular weight is 442 g/mol. The third-order valence-electron chi connectivity index (χ3n) is 5.64. The van der Waals surface area contributed by atoms with Crippen LogP contribution in [0, 0.1) is 0 Å². The molecule has 2 aromatic rings. The third-order valence-corrected chi connectivity index (χ3v) is 7.39. The lowest BCUT2D eigenvalue weighted by Crippen LogP contribution is -2.39. The van der Waals surface area contributed by atoms with E-state index in [0.717, 1.165) is 16.9 Å². The Hall–Kier alpha value is -2.60. The first-order valence-electron chi connectivity index (χ1n) is 10.5. The number of nitrogens with zero attached hydrogens (tertiary/aromatic N) is 1. The molecule has 1 aliphatic heterocycles. The van der Waals surface area contributed by atoms with Gasteiger partial charge in [0.2, 0.25) is 5.91 Å². The van der Waals surface area contributed by atoms with E-state index in [9.17, 15) is 13.2 Å². The van der Waals surface area contributed by atoms with Crippen LogP contribution in [0.4, 0.5) is 0 Å². The van der Waals surface area contributed by atoms with Gasteiger partial charge in [-0.15, -0.1) is 0 Å². The molecule has 1 atom stereocenters. The predicted octanol–water partition coefficient (Wildman–Crippen LogP) is 4.22. The Bertz CT molecular complexity index is 1030. The first kappa shape index (κ1) is 23.1. The summed E-state index contributed by atoms with van der Waals surface area (Å²) in [7, 11) is -1.50. The first-order chi connectivity index (χ1) is 14.6. The quantitative estimate of drug-likeness (QED) is 0.630. The van der Waals surface area contributed by atoms with E-state index < -0.39 is 9.84 Å². The lowest BCUT2D eigenvalue weighted by molar-refractivity contribution is -0.128. The molecule has 3 rings (SSSR count). The van der Waals surface area contributed by atoms with Crippen molar-refractivity contribution in [3.05, 3.63) is 71.3 Å². The number of methoxy groups -OCH3 is 1. The molecule has 6 heteroatoms. The number of ether oxygens (including phenoxy) is 1. The van der Waals surface area contributed by atoms with Crippen LogP contribution in [-0.2, 0) is 26.6 Å². The van der Waals surface area contributed by atoms with E-state index in [1.54, 1.807) is 24.2 Å². The molecular formula is C25H31NO4S. The maximum atomic E-state index is 13.1. The number of sulfone groups is 1. The minimum Gasteiger partial charge on any atom is -0.497 e. The minimum atomic E-state index is -3.10. The van der Waals surface area contributed by atoms with E-state index >= 15 is 0 Å². The molecule has 1 heterocycles. The van der Waals surface area contributed by atoms with Crippen LogP contribution in [-0.4, -0.2) is 43.9 Å². The van der Waals surface area contributed by atoms with Crippen LogP contribution in [0.15, 0.2) is 54.6 Å². The van der Waals surface area contributed by atoms with Crippen molar-refractivity contribution in [3.63, 3.8) is 0 Å². The van der Waals surface area contributed by atoms with Crippen molar-refractivity contribution in [2.45, 2.75) is 45.2 Å². The SMILES string of the molecule is COc1ccc(CN(C(=O)/C=C/c2ccc(C(C)(C)C)cc2)C2CCS(=O)(=O)C2)cc1. The van der Waals surface area contributed by atoms with E-state index in [4.69, 9.17) is 4.74 Å². The van der Waals surface area contributed by atoms with Gasteiger partial charge in [-0.3, -0.25) is 4.79 Å². The molecule has 1 amide bonds. The van der Waals surface area contributed by atoms with Gasteiger partial charge >= 0.3 is 0 Å². The summed E-state index contributed by atoms with van der Waals surface area (Å²) in [5.41, 5.74) is 3.17. The Kier molecular flexibility index (Phi) is 6.90. The monoisotopic (exact) mass is 441 g/mol. The second-order valence-electron chi connectivity index (χ2n) is 9.08. The van der Waals surface area contributed by atoms with Crippen LogP contribution in [0.3, 0.4) is 0 Å². The molecule has 0 aliphatic carbocycles. The van der Waals surface area contributed by atoms with Crippen molar-refractivity contribution in [2.24, 2.45) is 0 Å². The van der Waals surface area contributed by atoms with Gasteiger partial charge < -0.3 is 9.64 Å². The van der Waals surface area contributed by atoms with Crippen molar-refractivity contribution >= 4 is 21.8 Å². The van der Waals surface area contributed by atoms with Crippen LogP contribution in [0.2, 0.25) is 0 Å². The van der Waals surface area contributed by atoms with Crippen molar-refractivity contribution < 1.29 is 17.9 Å². The number of hydrogen-bond donors (Lipinski definition) is 0. The number of rotatable bonds is 6. The fourth-order valence-electron chi connectivity index (χ4n) is 3.69. The third kappa shape index (κ3) is 6.20. The Morgan fingerprint density at radius 1 is 1.10 bits per heavy atom. The molecule has 0 aromatic heterocycles. The zero-order valence-electron chi connectivity index (χ0n) is 18.7. The summed E-state index contributed by atoms with van der Waals surface area (Å²) in [6.45, 7) is 6.84. The molecule has 31 heavy (non-hydrogen) atoms. The predicted molar refractivity (Wildman–Crippen MR) is 125 cm³/mol. The molecule has 0 N–H and O–H groups in total. The highest BCUT2D eigenvalue weighted by atomic mass is 32.2. The minimum absolute atomic E-state index is 0.0169. The molecule has 0 saturated carbocycles. The summed E-state index contributed by atoms with van der Waals surface area (Å²) >= 11 is 0. The molecular weight excluding hydrogens is 410 g/mol.